The fraction of sp³-hybridized carbons (Fsp3) is 0.370. The van der Waals surface area contributed by atoms with Crippen LogP contribution in [0.3, 0.4) is 0 Å². The maximum absolute atomic E-state index is 13.2. The van der Waals surface area contributed by atoms with E-state index in [0.29, 0.717) is 11.3 Å². The standard InChI is InChI=1S/C46H51N3O13S/c1-27(50)48-39-37(51)23-46(44(57)59-2,62-41(39)40(53)38(52)24-47-42(54)30-19-17-29(18-20-30)28-11-4-3-5-12-28)61-21-10-22-63-26-36(43(55)56)49-45(58)60-25-35-33-15-8-6-13-31(33)32-14-7-9-16-34(32)35/h3-9,11-20,35-41,51-53H,10,21-26H2,1-2H3,(H,47,54)(H,48,50)(H,49,58)(H,55,56)/t36?,37-,38-,39-,40-,41?,46-/m1/s1. The Morgan fingerprint density at radius 3 is 2.11 bits per heavy atom. The molecule has 0 saturated carbocycles. The summed E-state index contributed by atoms with van der Waals surface area (Å²) >= 11 is 1.19. The molecule has 1 aliphatic carbocycles. The third-order valence-corrected chi connectivity index (χ3v) is 12.0. The van der Waals surface area contributed by atoms with Gasteiger partial charge in [0.25, 0.3) is 11.7 Å². The Morgan fingerprint density at radius 1 is 0.873 bits per heavy atom. The molecule has 4 aromatic rings. The number of methoxy groups -OCH3 is 1. The first-order chi connectivity index (χ1) is 30.3. The number of thioether (sulfide) groups is 1. The van der Waals surface area contributed by atoms with E-state index in [1.54, 1.807) is 24.3 Å². The summed E-state index contributed by atoms with van der Waals surface area (Å²) in [6, 6.07) is 29.4. The van der Waals surface area contributed by atoms with Crippen LogP contribution >= 0.6 is 11.8 Å². The molecule has 4 aromatic carbocycles. The zero-order valence-electron chi connectivity index (χ0n) is 34.7. The van der Waals surface area contributed by atoms with Crippen LogP contribution in [0.4, 0.5) is 4.79 Å². The fourth-order valence-corrected chi connectivity index (χ4v) is 8.69. The topological polar surface area (TPSA) is 239 Å². The van der Waals surface area contributed by atoms with Crippen molar-refractivity contribution >= 4 is 41.6 Å². The summed E-state index contributed by atoms with van der Waals surface area (Å²) < 4.78 is 22.4. The van der Waals surface area contributed by atoms with Crippen molar-refractivity contribution in [1.82, 2.24) is 16.0 Å². The van der Waals surface area contributed by atoms with Gasteiger partial charge in [-0.2, -0.15) is 11.8 Å². The number of nitrogens with one attached hydrogen (secondary N) is 3. The monoisotopic (exact) mass is 885 g/mol. The number of hydrogen-bond donors (Lipinski definition) is 7. The molecule has 7 atom stereocenters. The van der Waals surface area contributed by atoms with Crippen LogP contribution in [-0.4, -0.2) is 131 Å². The number of fused-ring (bicyclic) bond motifs is 3. The van der Waals surface area contributed by atoms with Crippen LogP contribution in [0, 0.1) is 0 Å². The van der Waals surface area contributed by atoms with E-state index < -0.39 is 85.1 Å². The smallest absolute Gasteiger partial charge is 0.407 e. The van der Waals surface area contributed by atoms with Crippen molar-refractivity contribution in [3.63, 3.8) is 0 Å². The molecule has 334 valence electrons. The number of rotatable bonds is 19. The molecule has 0 aromatic heterocycles. The highest BCUT2D eigenvalue weighted by atomic mass is 32.2. The molecule has 2 aliphatic rings. The number of carbonyl (C=O) groups excluding carboxylic acids is 4. The average molecular weight is 886 g/mol. The summed E-state index contributed by atoms with van der Waals surface area (Å²) in [5.41, 5.74) is 6.28. The lowest BCUT2D eigenvalue weighted by Gasteiger charge is -2.47. The van der Waals surface area contributed by atoms with Gasteiger partial charge in [-0.05, 0) is 57.7 Å². The Bertz CT molecular complexity index is 2180. The van der Waals surface area contributed by atoms with Crippen LogP contribution in [0.1, 0.15) is 47.2 Å². The molecule has 0 radical (unpaired) electrons. The van der Waals surface area contributed by atoms with Gasteiger partial charge in [-0.15, -0.1) is 0 Å². The van der Waals surface area contributed by atoms with Gasteiger partial charge in [0, 0.05) is 37.1 Å². The average Bonchev–Trinajstić information content (AvgIpc) is 3.61. The third kappa shape index (κ3) is 11.4. The second-order valence-corrected chi connectivity index (χ2v) is 16.3. The molecule has 3 amide bonds. The molecule has 7 N–H and O–H groups in total. The maximum Gasteiger partial charge on any atom is 0.407 e. The highest BCUT2D eigenvalue weighted by Crippen LogP contribution is 2.44. The molecule has 1 saturated heterocycles. The number of amides is 3. The summed E-state index contributed by atoms with van der Waals surface area (Å²) in [7, 11) is 1.07. The molecule has 17 heteroatoms. The van der Waals surface area contributed by atoms with Gasteiger partial charge in [-0.25, -0.2) is 14.4 Å². The summed E-state index contributed by atoms with van der Waals surface area (Å²) in [5, 5.41) is 51.0. The predicted molar refractivity (Wildman–Crippen MR) is 232 cm³/mol. The third-order valence-electron chi connectivity index (χ3n) is 10.9. The van der Waals surface area contributed by atoms with E-state index >= 15 is 0 Å². The first-order valence-electron chi connectivity index (χ1n) is 20.4. The van der Waals surface area contributed by atoms with Gasteiger partial charge in [-0.3, -0.25) is 9.59 Å². The number of hydrogen-bond acceptors (Lipinski definition) is 13. The van der Waals surface area contributed by atoms with E-state index in [2.05, 4.69) is 16.0 Å². The second-order valence-electron chi connectivity index (χ2n) is 15.2. The molecule has 6 rings (SSSR count). The van der Waals surface area contributed by atoms with Crippen molar-refractivity contribution in [1.29, 1.82) is 0 Å². The van der Waals surface area contributed by atoms with Gasteiger partial charge in [0.2, 0.25) is 5.91 Å². The molecule has 0 spiro atoms. The lowest BCUT2D eigenvalue weighted by Crippen LogP contribution is -2.68. The summed E-state index contributed by atoms with van der Waals surface area (Å²) in [6.45, 7) is 0.537. The SMILES string of the molecule is COC(=O)[C@@]1(OCCCSCC(NC(=O)OCC2c3ccccc3-c3ccccc32)C(=O)O)C[C@@H](O)[C@@H](NC(C)=O)C([C@H](O)[C@H](O)CNC(=O)c2ccc(-c3ccccc3)cc2)O1. The Morgan fingerprint density at radius 2 is 1.49 bits per heavy atom. The van der Waals surface area contributed by atoms with Crippen molar-refractivity contribution in [2.45, 2.75) is 68.0 Å². The Hall–Kier alpha value is -5.82. The first kappa shape index (κ1) is 46.7. The van der Waals surface area contributed by atoms with Crippen LogP contribution in [-0.2, 0) is 33.3 Å². The summed E-state index contributed by atoms with van der Waals surface area (Å²) in [4.78, 5) is 63.2. The Labute approximate surface area is 368 Å². The number of benzene rings is 4. The predicted octanol–water partition coefficient (Wildman–Crippen LogP) is 3.46. The van der Waals surface area contributed by atoms with E-state index in [1.807, 2.05) is 78.9 Å². The van der Waals surface area contributed by atoms with Crippen molar-refractivity contribution in [2.24, 2.45) is 0 Å². The number of aliphatic hydroxyl groups is 3. The van der Waals surface area contributed by atoms with Crippen LogP contribution in [0.15, 0.2) is 103 Å². The number of esters is 1. The van der Waals surface area contributed by atoms with Crippen LogP contribution in [0.2, 0.25) is 0 Å². The molecule has 0 bridgehead atoms. The lowest BCUT2D eigenvalue weighted by molar-refractivity contribution is -0.311. The zero-order chi connectivity index (χ0) is 45.1. The summed E-state index contributed by atoms with van der Waals surface area (Å²) in [6.07, 6.45) is -7.94. The second kappa shape index (κ2) is 21.5. The molecule has 63 heavy (non-hydrogen) atoms. The molecule has 2 unspecified atom stereocenters. The van der Waals surface area contributed by atoms with Gasteiger partial charge in [0.15, 0.2) is 0 Å². The number of alkyl carbamates (subject to hydrolysis) is 1. The Balaban J connectivity index is 1.00. The maximum atomic E-state index is 13.2. The number of aliphatic carboxylic acids is 1. The number of carboxylic acid groups (broad SMARTS) is 1. The molecule has 1 aliphatic heterocycles. The number of ether oxygens (including phenoxy) is 4. The van der Waals surface area contributed by atoms with Crippen LogP contribution < -0.4 is 16.0 Å². The largest absolute Gasteiger partial charge is 0.480 e. The molecule has 1 heterocycles. The van der Waals surface area contributed by atoms with E-state index in [9.17, 15) is 44.4 Å². The quantitative estimate of drug-likeness (QED) is 0.0528. The fourth-order valence-electron chi connectivity index (χ4n) is 7.74. The van der Waals surface area contributed by atoms with Crippen molar-refractivity contribution in [3.8, 4) is 22.3 Å². The highest BCUT2D eigenvalue weighted by Gasteiger charge is 2.56. The van der Waals surface area contributed by atoms with Gasteiger partial charge in [0.05, 0.1) is 32.0 Å². The minimum absolute atomic E-state index is 0.0131. The van der Waals surface area contributed by atoms with Gasteiger partial charge < -0.3 is 55.3 Å². The van der Waals surface area contributed by atoms with Gasteiger partial charge in [-0.1, -0.05) is 91.0 Å². The zero-order valence-corrected chi connectivity index (χ0v) is 35.5. The number of carbonyl (C=O) groups is 5. The van der Waals surface area contributed by atoms with Gasteiger partial charge in [0.1, 0.15) is 24.9 Å². The normalized spacial score (nSPS) is 20.6. The highest BCUT2D eigenvalue weighted by molar-refractivity contribution is 7.99. The summed E-state index contributed by atoms with van der Waals surface area (Å²) in [5.74, 6) is -5.70. The van der Waals surface area contributed by atoms with Crippen molar-refractivity contribution in [2.75, 3.05) is 38.4 Å². The molecular formula is C46H51N3O13S. The number of carboxylic acids is 1. The molecule has 1 fully saturated rings. The van der Waals surface area contributed by atoms with Crippen LogP contribution in [0.5, 0.6) is 0 Å². The van der Waals surface area contributed by atoms with E-state index in [4.69, 9.17) is 18.9 Å². The van der Waals surface area contributed by atoms with Gasteiger partial charge >= 0.3 is 18.0 Å². The molecule has 16 nitrogen and oxygen atoms in total. The van der Waals surface area contributed by atoms with Crippen molar-refractivity contribution < 1.29 is 63.3 Å². The van der Waals surface area contributed by atoms with E-state index in [0.717, 1.165) is 40.5 Å². The Kier molecular flexibility index (Phi) is 15.9. The van der Waals surface area contributed by atoms with E-state index in [-0.39, 0.29) is 31.3 Å². The minimum Gasteiger partial charge on any atom is -0.480 e. The van der Waals surface area contributed by atoms with Crippen molar-refractivity contribution in [3.05, 3.63) is 120 Å². The molecular weight excluding hydrogens is 835 g/mol. The minimum atomic E-state index is -2.29. The van der Waals surface area contributed by atoms with E-state index in [1.165, 1.54) is 18.7 Å². The van der Waals surface area contributed by atoms with Crippen LogP contribution in [0.25, 0.3) is 22.3 Å². The number of aliphatic hydroxyl groups excluding tert-OH is 3. The first-order valence-corrected chi connectivity index (χ1v) is 21.5. The lowest BCUT2D eigenvalue weighted by atomic mass is 9.88.